The number of aryl methyl sites for hydroxylation is 2. The summed E-state index contributed by atoms with van der Waals surface area (Å²) in [4.78, 5) is 16.2. The molecule has 3 aromatic heterocycles. The van der Waals surface area contributed by atoms with Crippen LogP contribution in [0.1, 0.15) is 35.7 Å². The molecule has 0 unspecified atom stereocenters. The van der Waals surface area contributed by atoms with Crippen molar-refractivity contribution in [1.29, 1.82) is 0 Å². The fourth-order valence-electron chi connectivity index (χ4n) is 3.71. The van der Waals surface area contributed by atoms with Crippen LogP contribution in [0.3, 0.4) is 0 Å². The molecule has 1 fully saturated rings. The molecular formula is C20H25N7. The Morgan fingerprint density at radius 2 is 2.11 bits per heavy atom. The molecule has 4 heterocycles. The van der Waals surface area contributed by atoms with Gasteiger partial charge in [0, 0.05) is 55.9 Å². The summed E-state index contributed by atoms with van der Waals surface area (Å²) >= 11 is 0. The van der Waals surface area contributed by atoms with Gasteiger partial charge in [0.1, 0.15) is 5.82 Å². The van der Waals surface area contributed by atoms with Gasteiger partial charge >= 0.3 is 0 Å². The summed E-state index contributed by atoms with van der Waals surface area (Å²) in [5.41, 5.74) is 3.25. The van der Waals surface area contributed by atoms with Gasteiger partial charge in [-0.25, -0.2) is 9.97 Å². The van der Waals surface area contributed by atoms with Gasteiger partial charge in [-0.1, -0.05) is 6.07 Å². The van der Waals surface area contributed by atoms with E-state index in [9.17, 15) is 0 Å². The molecule has 0 saturated carbocycles. The fourth-order valence-corrected chi connectivity index (χ4v) is 3.71. The maximum Gasteiger partial charge on any atom is 0.153 e. The van der Waals surface area contributed by atoms with E-state index >= 15 is 0 Å². The molecule has 0 bridgehead atoms. The Bertz CT molecular complexity index is 905. The van der Waals surface area contributed by atoms with Crippen molar-refractivity contribution in [2.24, 2.45) is 7.05 Å². The van der Waals surface area contributed by atoms with Crippen molar-refractivity contribution >= 4 is 11.6 Å². The second-order valence-electron chi connectivity index (χ2n) is 7.18. The van der Waals surface area contributed by atoms with E-state index in [0.29, 0.717) is 5.92 Å². The van der Waals surface area contributed by atoms with Crippen molar-refractivity contribution in [1.82, 2.24) is 29.6 Å². The van der Waals surface area contributed by atoms with Crippen molar-refractivity contribution in [3.05, 3.63) is 59.9 Å². The van der Waals surface area contributed by atoms with Crippen molar-refractivity contribution in [3.8, 4) is 0 Å². The smallest absolute Gasteiger partial charge is 0.153 e. The molecule has 0 spiro atoms. The van der Waals surface area contributed by atoms with Gasteiger partial charge in [-0.3, -0.25) is 14.6 Å². The monoisotopic (exact) mass is 363 g/mol. The first-order valence-electron chi connectivity index (χ1n) is 9.39. The lowest BCUT2D eigenvalue weighted by atomic mass is 9.94. The van der Waals surface area contributed by atoms with Crippen molar-refractivity contribution in [2.75, 3.05) is 18.4 Å². The number of nitrogens with one attached hydrogen (secondary N) is 1. The number of anilines is 2. The van der Waals surface area contributed by atoms with E-state index in [4.69, 9.17) is 0 Å². The molecule has 3 aromatic rings. The molecule has 1 aliphatic heterocycles. The second kappa shape index (κ2) is 7.84. The second-order valence-corrected chi connectivity index (χ2v) is 7.18. The van der Waals surface area contributed by atoms with Crippen LogP contribution >= 0.6 is 0 Å². The minimum absolute atomic E-state index is 0.358. The molecule has 7 nitrogen and oxygen atoms in total. The van der Waals surface area contributed by atoms with Gasteiger partial charge < -0.3 is 5.32 Å². The zero-order chi connectivity index (χ0) is 18.6. The average Bonchev–Trinajstić information content (AvgIpc) is 3.07. The zero-order valence-corrected chi connectivity index (χ0v) is 15.8. The summed E-state index contributed by atoms with van der Waals surface area (Å²) in [6.45, 7) is 4.99. The highest BCUT2D eigenvalue weighted by Gasteiger charge is 2.25. The molecular weight excluding hydrogens is 338 g/mol. The van der Waals surface area contributed by atoms with E-state index < -0.39 is 0 Å². The topological polar surface area (TPSA) is 71.8 Å². The van der Waals surface area contributed by atoms with Crippen LogP contribution in [0.2, 0.25) is 0 Å². The lowest BCUT2D eigenvalue weighted by molar-refractivity contribution is 0.198. The van der Waals surface area contributed by atoms with E-state index in [1.165, 1.54) is 5.56 Å². The average molecular weight is 363 g/mol. The summed E-state index contributed by atoms with van der Waals surface area (Å²) in [6, 6.07) is 5.94. The SMILES string of the molecule is Cc1cccc(Nc2nccnc2[C@H]2CCCN(Cc3cnn(C)c3)C2)n1. The molecule has 27 heavy (non-hydrogen) atoms. The van der Waals surface area contributed by atoms with Gasteiger partial charge in [0.25, 0.3) is 0 Å². The Balaban J connectivity index is 1.50. The molecule has 0 aliphatic carbocycles. The summed E-state index contributed by atoms with van der Waals surface area (Å²) in [7, 11) is 1.96. The van der Waals surface area contributed by atoms with E-state index in [0.717, 1.165) is 55.5 Å². The first-order chi connectivity index (χ1) is 13.2. The first-order valence-corrected chi connectivity index (χ1v) is 9.39. The lowest BCUT2D eigenvalue weighted by Gasteiger charge is -2.32. The van der Waals surface area contributed by atoms with Gasteiger partial charge in [-0.15, -0.1) is 0 Å². The molecule has 0 aromatic carbocycles. The van der Waals surface area contributed by atoms with Crippen LogP contribution < -0.4 is 5.32 Å². The number of aromatic nitrogens is 5. The molecule has 1 N–H and O–H groups in total. The molecule has 0 radical (unpaired) electrons. The Labute approximate surface area is 159 Å². The summed E-state index contributed by atoms with van der Waals surface area (Å²) in [5.74, 6) is 1.97. The standard InChI is InChI=1S/C20H25N7/c1-15-5-3-7-18(24-15)25-20-19(21-8-9-22-20)17-6-4-10-27(14-17)13-16-11-23-26(2)12-16/h3,5,7-9,11-12,17H,4,6,10,13-14H2,1-2H3,(H,22,24,25)/t17-/m0/s1. The quantitative estimate of drug-likeness (QED) is 0.751. The van der Waals surface area contributed by atoms with Crippen LogP contribution in [0, 0.1) is 6.92 Å². The van der Waals surface area contributed by atoms with Crippen molar-refractivity contribution < 1.29 is 0 Å². The van der Waals surface area contributed by atoms with E-state index in [-0.39, 0.29) is 0 Å². The third-order valence-corrected chi connectivity index (χ3v) is 4.92. The highest BCUT2D eigenvalue weighted by Crippen LogP contribution is 2.30. The van der Waals surface area contributed by atoms with Gasteiger partial charge in [0.05, 0.1) is 11.9 Å². The van der Waals surface area contributed by atoms with E-state index in [1.54, 1.807) is 12.4 Å². The van der Waals surface area contributed by atoms with Gasteiger partial charge in [0.15, 0.2) is 5.82 Å². The molecule has 1 saturated heterocycles. The van der Waals surface area contributed by atoms with Crippen LogP contribution in [-0.4, -0.2) is 42.7 Å². The molecule has 1 atom stereocenters. The largest absolute Gasteiger partial charge is 0.323 e. The molecule has 0 amide bonds. The molecule has 4 rings (SSSR count). The number of nitrogens with zero attached hydrogens (tertiary/aromatic N) is 6. The third kappa shape index (κ3) is 4.31. The Morgan fingerprint density at radius 3 is 2.93 bits per heavy atom. The van der Waals surface area contributed by atoms with Crippen LogP contribution in [-0.2, 0) is 13.6 Å². The number of pyridine rings is 1. The van der Waals surface area contributed by atoms with Crippen LogP contribution in [0.25, 0.3) is 0 Å². The Hall–Kier alpha value is -2.80. The highest BCUT2D eigenvalue weighted by molar-refractivity contribution is 5.55. The minimum Gasteiger partial charge on any atom is -0.323 e. The number of hydrogen-bond acceptors (Lipinski definition) is 6. The molecule has 140 valence electrons. The van der Waals surface area contributed by atoms with Crippen molar-refractivity contribution in [2.45, 2.75) is 32.2 Å². The Morgan fingerprint density at radius 1 is 1.22 bits per heavy atom. The first kappa shape index (κ1) is 17.6. The predicted molar refractivity (Wildman–Crippen MR) is 105 cm³/mol. The summed E-state index contributed by atoms with van der Waals surface area (Å²) in [6.07, 6.45) is 9.83. The number of likely N-dealkylation sites (tertiary alicyclic amines) is 1. The van der Waals surface area contributed by atoms with Gasteiger partial charge in [-0.05, 0) is 38.4 Å². The van der Waals surface area contributed by atoms with E-state index in [2.05, 4.69) is 36.5 Å². The maximum atomic E-state index is 4.67. The minimum atomic E-state index is 0.358. The number of rotatable bonds is 5. The van der Waals surface area contributed by atoms with Gasteiger partial charge in [-0.2, -0.15) is 5.10 Å². The summed E-state index contributed by atoms with van der Waals surface area (Å²) in [5, 5.41) is 7.64. The molecule has 1 aliphatic rings. The number of hydrogen-bond donors (Lipinski definition) is 1. The van der Waals surface area contributed by atoms with Crippen LogP contribution in [0.15, 0.2) is 43.0 Å². The normalized spacial score (nSPS) is 17.8. The van der Waals surface area contributed by atoms with Crippen molar-refractivity contribution in [3.63, 3.8) is 0 Å². The predicted octanol–water partition coefficient (Wildman–Crippen LogP) is 3.04. The highest BCUT2D eigenvalue weighted by atomic mass is 15.2. The third-order valence-electron chi connectivity index (χ3n) is 4.92. The fraction of sp³-hybridized carbons (Fsp3) is 0.400. The lowest BCUT2D eigenvalue weighted by Crippen LogP contribution is -2.34. The summed E-state index contributed by atoms with van der Waals surface area (Å²) < 4.78 is 1.86. The maximum absolute atomic E-state index is 4.67. The zero-order valence-electron chi connectivity index (χ0n) is 15.8. The van der Waals surface area contributed by atoms with E-state index in [1.807, 2.05) is 43.0 Å². The van der Waals surface area contributed by atoms with Gasteiger partial charge in [0.2, 0.25) is 0 Å². The van der Waals surface area contributed by atoms with Crippen LogP contribution in [0.4, 0.5) is 11.6 Å². The Kier molecular flexibility index (Phi) is 5.11. The van der Waals surface area contributed by atoms with Crippen LogP contribution in [0.5, 0.6) is 0 Å². The number of piperidine rings is 1. The molecule has 7 heteroatoms.